The Balaban J connectivity index is 3.04. The molecule has 0 saturated carbocycles. The predicted octanol–water partition coefficient (Wildman–Crippen LogP) is 4.52. The van der Waals surface area contributed by atoms with Crippen molar-refractivity contribution in [3.05, 3.63) is 35.9 Å². The molecule has 0 bridgehead atoms. The average molecular weight is 392 g/mol. The molecule has 0 saturated heterocycles. The molecule has 6 heteroatoms. The fourth-order valence-corrected chi connectivity index (χ4v) is 3.29. The van der Waals surface area contributed by atoms with Crippen LogP contribution < -0.4 is 5.32 Å². The largest absolute Gasteiger partial charge is 0.444 e. The zero-order chi connectivity index (χ0) is 21.5. The van der Waals surface area contributed by atoms with Crippen LogP contribution >= 0.6 is 0 Å². The Morgan fingerprint density at radius 2 is 1.57 bits per heavy atom. The Morgan fingerprint density at radius 3 is 2.00 bits per heavy atom. The number of amides is 2. The number of benzene rings is 1. The molecule has 0 aliphatic carbocycles. The second kappa shape index (κ2) is 10.5. The molecule has 1 aromatic carbocycles. The molecule has 2 amide bonds. The maximum Gasteiger partial charge on any atom is 0.408 e. The van der Waals surface area contributed by atoms with E-state index in [0.29, 0.717) is 6.54 Å². The summed E-state index contributed by atoms with van der Waals surface area (Å²) >= 11 is 0. The summed E-state index contributed by atoms with van der Waals surface area (Å²) in [5.74, 6) is -0.0326. The van der Waals surface area contributed by atoms with Crippen LogP contribution in [0.1, 0.15) is 73.4 Å². The molecule has 0 spiro atoms. The first kappa shape index (κ1) is 24.0. The summed E-state index contributed by atoms with van der Waals surface area (Å²) < 4.78 is 5.40. The van der Waals surface area contributed by atoms with Crippen molar-refractivity contribution in [3.8, 4) is 0 Å². The standard InChI is InChI=1S/C22H37N3O3/c1-9-24(25(16(2)3)17(4)5)20(26)15-19(18-13-11-10-12-14-18)23-21(27)28-22(6,7)8/h10-14,16-17,19H,9,15H2,1-8H3,(H,23,27). The van der Waals surface area contributed by atoms with Gasteiger partial charge < -0.3 is 10.1 Å². The van der Waals surface area contributed by atoms with Crippen molar-refractivity contribution in [2.45, 2.75) is 85.5 Å². The fraction of sp³-hybridized carbons (Fsp3) is 0.636. The molecule has 1 aromatic rings. The van der Waals surface area contributed by atoms with Crippen molar-refractivity contribution in [2.24, 2.45) is 0 Å². The van der Waals surface area contributed by atoms with Crippen molar-refractivity contribution < 1.29 is 14.3 Å². The van der Waals surface area contributed by atoms with Crippen molar-refractivity contribution in [2.75, 3.05) is 6.54 Å². The number of carbonyl (C=O) groups excluding carboxylic acids is 2. The van der Waals surface area contributed by atoms with Crippen LogP contribution in [0.4, 0.5) is 4.79 Å². The summed E-state index contributed by atoms with van der Waals surface area (Å²) in [5.41, 5.74) is 0.273. The summed E-state index contributed by atoms with van der Waals surface area (Å²) in [6, 6.07) is 9.45. The van der Waals surface area contributed by atoms with Gasteiger partial charge in [-0.25, -0.2) is 9.80 Å². The monoisotopic (exact) mass is 391 g/mol. The highest BCUT2D eigenvalue weighted by molar-refractivity contribution is 5.78. The van der Waals surface area contributed by atoms with Gasteiger partial charge in [-0.2, -0.15) is 0 Å². The zero-order valence-corrected chi connectivity index (χ0v) is 18.7. The summed E-state index contributed by atoms with van der Waals surface area (Å²) in [6.45, 7) is 16.3. The van der Waals surface area contributed by atoms with Gasteiger partial charge in [-0.1, -0.05) is 30.3 Å². The highest BCUT2D eigenvalue weighted by atomic mass is 16.6. The molecular weight excluding hydrogens is 354 g/mol. The van der Waals surface area contributed by atoms with Gasteiger partial charge in [-0.3, -0.25) is 9.80 Å². The third-order valence-electron chi connectivity index (χ3n) is 4.20. The SMILES string of the molecule is CCN(C(=O)CC(NC(=O)OC(C)(C)C)c1ccccc1)N(C(C)C)C(C)C. The van der Waals surface area contributed by atoms with E-state index in [-0.39, 0.29) is 24.4 Å². The minimum absolute atomic E-state index is 0.0326. The Hall–Kier alpha value is -2.08. The summed E-state index contributed by atoms with van der Waals surface area (Å²) in [6.07, 6.45) is -0.366. The van der Waals surface area contributed by atoms with Gasteiger partial charge in [0.05, 0.1) is 12.5 Å². The molecule has 0 aliphatic heterocycles. The average Bonchev–Trinajstić information content (AvgIpc) is 2.57. The molecule has 0 aromatic heterocycles. The van der Waals surface area contributed by atoms with Crippen molar-refractivity contribution in [1.82, 2.24) is 15.3 Å². The molecule has 1 unspecified atom stereocenters. The second-order valence-electron chi connectivity index (χ2n) is 8.49. The highest BCUT2D eigenvalue weighted by Crippen LogP contribution is 2.21. The molecule has 6 nitrogen and oxygen atoms in total. The number of nitrogens with one attached hydrogen (secondary N) is 1. The van der Waals surface area contributed by atoms with Gasteiger partial charge in [0, 0.05) is 18.6 Å². The third kappa shape index (κ3) is 7.50. The van der Waals surface area contributed by atoms with E-state index in [0.717, 1.165) is 5.56 Å². The lowest BCUT2D eigenvalue weighted by atomic mass is 10.0. The normalized spacial score (nSPS) is 13.0. The molecule has 1 rings (SSSR count). The van der Waals surface area contributed by atoms with E-state index >= 15 is 0 Å². The van der Waals surface area contributed by atoms with Gasteiger partial charge in [0.25, 0.3) is 0 Å². The first-order valence-electron chi connectivity index (χ1n) is 10.1. The maximum atomic E-state index is 13.2. The van der Waals surface area contributed by atoms with E-state index in [2.05, 4.69) is 38.0 Å². The quantitative estimate of drug-likeness (QED) is 0.662. The van der Waals surface area contributed by atoms with E-state index in [1.807, 2.05) is 58.0 Å². The molecular formula is C22H37N3O3. The first-order chi connectivity index (χ1) is 13.0. The van der Waals surface area contributed by atoms with E-state index in [1.54, 1.807) is 5.01 Å². The number of nitrogens with zero attached hydrogens (tertiary/aromatic N) is 2. The van der Waals surface area contributed by atoms with Crippen LogP contribution in [0.2, 0.25) is 0 Å². The third-order valence-corrected chi connectivity index (χ3v) is 4.20. The predicted molar refractivity (Wildman–Crippen MR) is 113 cm³/mol. The minimum Gasteiger partial charge on any atom is -0.444 e. The number of ether oxygens (including phenoxy) is 1. The molecule has 28 heavy (non-hydrogen) atoms. The molecule has 1 atom stereocenters. The van der Waals surface area contributed by atoms with Crippen LogP contribution in [0, 0.1) is 0 Å². The maximum absolute atomic E-state index is 13.2. The van der Waals surface area contributed by atoms with Crippen LogP contribution in [-0.4, -0.2) is 46.2 Å². The van der Waals surface area contributed by atoms with E-state index in [1.165, 1.54) is 0 Å². The number of hydrogen-bond donors (Lipinski definition) is 1. The topological polar surface area (TPSA) is 61.9 Å². The van der Waals surface area contributed by atoms with E-state index in [9.17, 15) is 9.59 Å². The number of rotatable bonds is 8. The van der Waals surface area contributed by atoms with E-state index < -0.39 is 17.7 Å². The molecule has 0 fully saturated rings. The smallest absolute Gasteiger partial charge is 0.408 e. The van der Waals surface area contributed by atoms with Crippen molar-refractivity contribution in [3.63, 3.8) is 0 Å². The molecule has 158 valence electrons. The second-order valence-corrected chi connectivity index (χ2v) is 8.49. The minimum atomic E-state index is -0.600. The van der Waals surface area contributed by atoms with E-state index in [4.69, 9.17) is 4.74 Å². The molecule has 1 N–H and O–H groups in total. The lowest BCUT2D eigenvalue weighted by Crippen LogP contribution is -2.53. The van der Waals surface area contributed by atoms with Crippen molar-refractivity contribution >= 4 is 12.0 Å². The van der Waals surface area contributed by atoms with Crippen LogP contribution in [0.5, 0.6) is 0 Å². The lowest BCUT2D eigenvalue weighted by molar-refractivity contribution is -0.157. The van der Waals surface area contributed by atoms with Gasteiger partial charge >= 0.3 is 6.09 Å². The Kier molecular flexibility index (Phi) is 8.95. The van der Waals surface area contributed by atoms with Gasteiger partial charge in [-0.15, -0.1) is 0 Å². The van der Waals surface area contributed by atoms with Gasteiger partial charge in [0.2, 0.25) is 5.91 Å². The fourth-order valence-electron chi connectivity index (χ4n) is 3.29. The number of hydrazine groups is 1. The van der Waals surface area contributed by atoms with Crippen LogP contribution in [0.3, 0.4) is 0 Å². The Labute approximate surface area is 170 Å². The number of alkyl carbamates (subject to hydrolysis) is 1. The lowest BCUT2D eigenvalue weighted by Gasteiger charge is -2.40. The highest BCUT2D eigenvalue weighted by Gasteiger charge is 2.29. The van der Waals surface area contributed by atoms with Crippen molar-refractivity contribution in [1.29, 1.82) is 0 Å². The molecule has 0 radical (unpaired) electrons. The number of hydrogen-bond acceptors (Lipinski definition) is 4. The summed E-state index contributed by atoms with van der Waals surface area (Å²) in [4.78, 5) is 25.5. The van der Waals surface area contributed by atoms with Gasteiger partial charge in [0.15, 0.2) is 0 Å². The number of carbonyl (C=O) groups is 2. The van der Waals surface area contributed by atoms with Crippen LogP contribution in [-0.2, 0) is 9.53 Å². The van der Waals surface area contributed by atoms with Crippen LogP contribution in [0.25, 0.3) is 0 Å². The summed E-state index contributed by atoms with van der Waals surface area (Å²) in [7, 11) is 0. The Bertz CT molecular complexity index is 616. The Morgan fingerprint density at radius 1 is 1.04 bits per heavy atom. The van der Waals surface area contributed by atoms with Gasteiger partial charge in [-0.05, 0) is 61.0 Å². The zero-order valence-electron chi connectivity index (χ0n) is 18.7. The van der Waals surface area contributed by atoms with Gasteiger partial charge in [0.1, 0.15) is 5.60 Å². The summed E-state index contributed by atoms with van der Waals surface area (Å²) in [5, 5.41) is 6.73. The van der Waals surface area contributed by atoms with Crippen LogP contribution in [0.15, 0.2) is 30.3 Å². The first-order valence-corrected chi connectivity index (χ1v) is 10.1. The molecule has 0 heterocycles. The molecule has 0 aliphatic rings.